The highest BCUT2D eigenvalue weighted by Gasteiger charge is 2.35. The van der Waals surface area contributed by atoms with E-state index in [1.54, 1.807) is 45.5 Å². The van der Waals surface area contributed by atoms with E-state index in [1.807, 2.05) is 36.4 Å². The molecule has 0 radical (unpaired) electrons. The highest BCUT2D eigenvalue weighted by atomic mass is 31.0. The molecule has 3 aromatic carbocycles. The third kappa shape index (κ3) is 6.40. The predicted molar refractivity (Wildman–Crippen MR) is 125 cm³/mol. The molecular weight excluding hydrogens is 443 g/mol. The van der Waals surface area contributed by atoms with Gasteiger partial charge in [-0.1, -0.05) is 60.7 Å². The summed E-state index contributed by atoms with van der Waals surface area (Å²) in [6.45, 7) is 0.0627. The van der Waals surface area contributed by atoms with E-state index in [-0.39, 0.29) is 23.7 Å². The van der Waals surface area contributed by atoms with Crippen LogP contribution in [0.3, 0.4) is 0 Å². The lowest BCUT2D eigenvalue weighted by molar-refractivity contribution is -0.145. The average Bonchev–Trinajstić information content (AvgIpc) is 2.89. The Morgan fingerprint density at radius 2 is 1.30 bits per heavy atom. The van der Waals surface area contributed by atoms with Gasteiger partial charge in [0.05, 0.1) is 21.3 Å². The van der Waals surface area contributed by atoms with Crippen LogP contribution < -0.4 is 14.2 Å². The third-order valence-electron chi connectivity index (χ3n) is 4.82. The number of benzene rings is 3. The first-order valence-electron chi connectivity index (χ1n) is 9.89. The number of ketones is 1. The number of rotatable bonds is 9. The monoisotopic (exact) mass is 468 g/mol. The number of esters is 1. The molecule has 0 heterocycles. The summed E-state index contributed by atoms with van der Waals surface area (Å²) >= 11 is 0. The molecule has 33 heavy (non-hydrogen) atoms. The molecule has 0 bridgehead atoms. The zero-order valence-corrected chi connectivity index (χ0v) is 19.6. The SMILES string of the molecule is COc1cc(OC)c(C(=O)C(C(=O)OCc2ccccc2)c2ccccc2)c(OC)c1.O=P. The van der Waals surface area contributed by atoms with Crippen molar-refractivity contribution in [3.63, 3.8) is 0 Å². The summed E-state index contributed by atoms with van der Waals surface area (Å²) in [6, 6.07) is 21.2. The number of carbonyl (C=O) groups is 2. The summed E-state index contributed by atoms with van der Waals surface area (Å²) in [5, 5.41) is 0. The van der Waals surface area contributed by atoms with E-state index in [0.717, 1.165) is 5.56 Å². The van der Waals surface area contributed by atoms with Crippen LogP contribution in [-0.4, -0.2) is 33.1 Å². The normalized spacial score (nSPS) is 10.8. The van der Waals surface area contributed by atoms with Gasteiger partial charge in [-0.15, -0.1) is 0 Å². The van der Waals surface area contributed by atoms with Crippen LogP contribution in [0, 0.1) is 0 Å². The molecule has 8 heteroatoms. The molecular formula is C25H25O7P. The quantitative estimate of drug-likeness (QED) is 0.191. The van der Waals surface area contributed by atoms with Crippen LogP contribution in [0.1, 0.15) is 27.4 Å². The fraction of sp³-hybridized carbons (Fsp3) is 0.200. The Morgan fingerprint density at radius 3 is 1.79 bits per heavy atom. The largest absolute Gasteiger partial charge is 0.496 e. The Labute approximate surface area is 194 Å². The van der Waals surface area contributed by atoms with E-state index in [1.165, 1.54) is 21.3 Å². The molecule has 0 saturated carbocycles. The topological polar surface area (TPSA) is 88.1 Å². The maximum Gasteiger partial charge on any atom is 0.321 e. The van der Waals surface area contributed by atoms with Crippen molar-refractivity contribution in [2.75, 3.05) is 21.3 Å². The van der Waals surface area contributed by atoms with Crippen molar-refractivity contribution in [3.05, 3.63) is 89.5 Å². The minimum absolute atomic E-state index is 0.0627. The number of hydrogen-bond donors (Lipinski definition) is 0. The Balaban J connectivity index is 0.00000187. The van der Waals surface area contributed by atoms with Crippen molar-refractivity contribution in [2.45, 2.75) is 12.5 Å². The zero-order valence-electron chi connectivity index (χ0n) is 18.6. The third-order valence-corrected chi connectivity index (χ3v) is 4.82. The summed E-state index contributed by atoms with van der Waals surface area (Å²) in [6.07, 6.45) is 0. The molecule has 0 aromatic heterocycles. The van der Waals surface area contributed by atoms with Crippen LogP contribution in [0.15, 0.2) is 72.8 Å². The molecule has 3 rings (SSSR count). The van der Waals surface area contributed by atoms with Gasteiger partial charge in [0.15, 0.2) is 5.78 Å². The lowest BCUT2D eigenvalue weighted by Crippen LogP contribution is -2.25. The molecule has 0 aliphatic carbocycles. The van der Waals surface area contributed by atoms with E-state index in [4.69, 9.17) is 23.5 Å². The fourth-order valence-corrected chi connectivity index (χ4v) is 3.24. The second kappa shape index (κ2) is 13.0. The van der Waals surface area contributed by atoms with Gasteiger partial charge in [0, 0.05) is 12.1 Å². The van der Waals surface area contributed by atoms with Crippen LogP contribution >= 0.6 is 9.12 Å². The molecule has 0 spiro atoms. The summed E-state index contributed by atoms with van der Waals surface area (Å²) in [7, 11) is 6.11. The van der Waals surface area contributed by atoms with E-state index in [2.05, 4.69) is 0 Å². The van der Waals surface area contributed by atoms with Gasteiger partial charge in [-0.2, -0.15) is 0 Å². The van der Waals surface area contributed by atoms with Crippen LogP contribution in [0.2, 0.25) is 0 Å². The minimum atomic E-state index is -1.18. The molecule has 0 aliphatic rings. The minimum Gasteiger partial charge on any atom is -0.496 e. The Hall–Kier alpha value is -3.70. The highest BCUT2D eigenvalue weighted by molar-refractivity contribution is 7.00. The number of carbonyl (C=O) groups excluding carboxylic acids is 2. The first-order chi connectivity index (χ1) is 16.1. The van der Waals surface area contributed by atoms with E-state index >= 15 is 0 Å². The molecule has 172 valence electrons. The van der Waals surface area contributed by atoms with Crippen LogP contribution in [-0.2, 0) is 20.7 Å². The lowest BCUT2D eigenvalue weighted by Gasteiger charge is -2.19. The molecule has 0 fully saturated rings. The van der Waals surface area contributed by atoms with Crippen LogP contribution in [0.5, 0.6) is 17.2 Å². The second-order valence-corrected chi connectivity index (χ2v) is 6.71. The first kappa shape index (κ1) is 25.6. The highest BCUT2D eigenvalue weighted by Crippen LogP contribution is 2.38. The molecule has 0 amide bonds. The van der Waals surface area contributed by atoms with Gasteiger partial charge >= 0.3 is 5.97 Å². The predicted octanol–water partition coefficient (Wildman–Crippen LogP) is 4.90. The first-order valence-corrected chi connectivity index (χ1v) is 10.3. The fourth-order valence-electron chi connectivity index (χ4n) is 3.24. The van der Waals surface area contributed by atoms with Gasteiger partial charge in [-0.05, 0) is 11.1 Å². The van der Waals surface area contributed by atoms with Gasteiger partial charge in [-0.3, -0.25) is 14.2 Å². The molecule has 0 N–H and O–H groups in total. The van der Waals surface area contributed by atoms with Crippen molar-refractivity contribution in [1.29, 1.82) is 0 Å². The lowest BCUT2D eigenvalue weighted by atomic mass is 9.89. The summed E-state index contributed by atoms with van der Waals surface area (Å²) in [4.78, 5) is 26.8. The number of methoxy groups -OCH3 is 3. The number of ether oxygens (including phenoxy) is 4. The molecule has 7 nitrogen and oxygen atoms in total. The smallest absolute Gasteiger partial charge is 0.321 e. The van der Waals surface area contributed by atoms with Crippen LogP contribution in [0.25, 0.3) is 0 Å². The summed E-state index contributed by atoms with van der Waals surface area (Å²) in [5.41, 5.74) is 1.50. The van der Waals surface area contributed by atoms with Gasteiger partial charge in [-0.25, -0.2) is 0 Å². The average molecular weight is 468 g/mol. The van der Waals surface area contributed by atoms with Gasteiger partial charge in [0.1, 0.15) is 44.5 Å². The van der Waals surface area contributed by atoms with Crippen molar-refractivity contribution < 1.29 is 33.1 Å². The van der Waals surface area contributed by atoms with Crippen molar-refractivity contribution in [2.24, 2.45) is 0 Å². The maximum absolute atomic E-state index is 13.7. The number of Topliss-reactive ketones (excluding diaryl/α,β-unsaturated/α-hetero) is 1. The Morgan fingerprint density at radius 1 is 0.788 bits per heavy atom. The zero-order chi connectivity index (χ0) is 24.2. The molecule has 1 atom stereocenters. The van der Waals surface area contributed by atoms with E-state index < -0.39 is 17.7 Å². The van der Waals surface area contributed by atoms with Crippen molar-refractivity contribution >= 4 is 20.9 Å². The molecule has 0 aliphatic heterocycles. The molecule has 1 unspecified atom stereocenters. The van der Waals surface area contributed by atoms with E-state index in [0.29, 0.717) is 11.3 Å². The van der Waals surface area contributed by atoms with Gasteiger partial charge < -0.3 is 18.9 Å². The van der Waals surface area contributed by atoms with Crippen molar-refractivity contribution in [3.8, 4) is 17.2 Å². The standard InChI is InChI=1S/C25H24O6.HOP/c1-28-19-14-20(29-2)23(21(15-19)30-3)24(26)22(18-12-8-5-9-13-18)25(27)31-16-17-10-6-4-7-11-17;1-2/h4-15,22H,16H2,1-3H3;2H. The van der Waals surface area contributed by atoms with Crippen molar-refractivity contribution in [1.82, 2.24) is 0 Å². The Bertz CT molecular complexity index is 1030. The molecule has 3 aromatic rings. The van der Waals surface area contributed by atoms with Gasteiger partial charge in [0.2, 0.25) is 0 Å². The summed E-state index contributed by atoms with van der Waals surface area (Å²) in [5.74, 6) is -1.36. The molecule has 0 saturated heterocycles. The van der Waals surface area contributed by atoms with Gasteiger partial charge in [0.25, 0.3) is 0 Å². The second-order valence-electron chi connectivity index (χ2n) is 6.71. The Kier molecular flexibility index (Phi) is 10.1. The van der Waals surface area contributed by atoms with Crippen LogP contribution in [0.4, 0.5) is 0 Å². The number of hydrogen-bond acceptors (Lipinski definition) is 7. The van der Waals surface area contributed by atoms with E-state index in [9.17, 15) is 9.59 Å². The summed E-state index contributed by atoms with van der Waals surface area (Å²) < 4.78 is 29.6. The maximum atomic E-state index is 13.7.